The zero-order valence-corrected chi connectivity index (χ0v) is 8.05. The topological polar surface area (TPSA) is 35.3 Å². The summed E-state index contributed by atoms with van der Waals surface area (Å²) in [6.07, 6.45) is 0.249. The van der Waals surface area contributed by atoms with Gasteiger partial charge in [0.1, 0.15) is 5.76 Å². The SMILES string of the molecule is Cc1noc(C)c1COC(C)C. The van der Waals surface area contributed by atoms with Gasteiger partial charge in [0.25, 0.3) is 0 Å². The van der Waals surface area contributed by atoms with E-state index in [0.29, 0.717) is 6.61 Å². The van der Waals surface area contributed by atoms with Crippen LogP contribution < -0.4 is 0 Å². The maximum Gasteiger partial charge on any atom is 0.139 e. The summed E-state index contributed by atoms with van der Waals surface area (Å²) in [6, 6.07) is 0. The van der Waals surface area contributed by atoms with Crippen molar-refractivity contribution in [3.63, 3.8) is 0 Å². The van der Waals surface area contributed by atoms with Crippen molar-refractivity contribution < 1.29 is 9.26 Å². The summed E-state index contributed by atoms with van der Waals surface area (Å²) >= 11 is 0. The molecule has 0 atom stereocenters. The molecule has 1 aromatic heterocycles. The number of ether oxygens (including phenoxy) is 1. The van der Waals surface area contributed by atoms with Crippen LogP contribution in [0, 0.1) is 13.8 Å². The Morgan fingerprint density at radius 2 is 2.08 bits per heavy atom. The quantitative estimate of drug-likeness (QED) is 0.696. The van der Waals surface area contributed by atoms with Gasteiger partial charge in [-0.15, -0.1) is 0 Å². The molecule has 0 radical (unpaired) electrons. The van der Waals surface area contributed by atoms with Crippen LogP contribution in [-0.4, -0.2) is 11.3 Å². The Hall–Kier alpha value is -0.830. The molecule has 0 fully saturated rings. The van der Waals surface area contributed by atoms with Gasteiger partial charge in [-0.3, -0.25) is 0 Å². The van der Waals surface area contributed by atoms with Crippen molar-refractivity contribution in [3.8, 4) is 0 Å². The van der Waals surface area contributed by atoms with Crippen LogP contribution >= 0.6 is 0 Å². The molecule has 0 aromatic carbocycles. The molecular weight excluding hydrogens is 154 g/mol. The van der Waals surface area contributed by atoms with Crippen LogP contribution in [0.4, 0.5) is 0 Å². The van der Waals surface area contributed by atoms with E-state index in [1.807, 2.05) is 27.7 Å². The number of aromatic nitrogens is 1. The molecule has 0 spiro atoms. The second kappa shape index (κ2) is 3.72. The van der Waals surface area contributed by atoms with E-state index in [0.717, 1.165) is 17.0 Å². The fraction of sp³-hybridized carbons (Fsp3) is 0.667. The zero-order valence-electron chi connectivity index (χ0n) is 8.05. The van der Waals surface area contributed by atoms with Gasteiger partial charge in [0.15, 0.2) is 0 Å². The smallest absolute Gasteiger partial charge is 0.139 e. The average Bonchev–Trinajstić information content (AvgIpc) is 2.28. The number of hydrogen-bond acceptors (Lipinski definition) is 3. The minimum Gasteiger partial charge on any atom is -0.374 e. The van der Waals surface area contributed by atoms with Gasteiger partial charge >= 0.3 is 0 Å². The lowest BCUT2D eigenvalue weighted by Crippen LogP contribution is -2.03. The third-order valence-electron chi connectivity index (χ3n) is 1.74. The first-order valence-corrected chi connectivity index (χ1v) is 4.14. The largest absolute Gasteiger partial charge is 0.374 e. The molecule has 1 aromatic rings. The van der Waals surface area contributed by atoms with Crippen LogP contribution in [0.2, 0.25) is 0 Å². The molecule has 0 amide bonds. The first kappa shape index (κ1) is 9.26. The molecule has 0 bridgehead atoms. The highest BCUT2D eigenvalue weighted by Crippen LogP contribution is 2.13. The van der Waals surface area contributed by atoms with Crippen molar-refractivity contribution in [1.29, 1.82) is 0 Å². The molecule has 12 heavy (non-hydrogen) atoms. The molecule has 0 aliphatic carbocycles. The zero-order chi connectivity index (χ0) is 9.14. The first-order chi connectivity index (χ1) is 5.61. The van der Waals surface area contributed by atoms with Gasteiger partial charge < -0.3 is 9.26 Å². The van der Waals surface area contributed by atoms with E-state index in [4.69, 9.17) is 9.26 Å². The van der Waals surface area contributed by atoms with E-state index < -0.39 is 0 Å². The molecule has 1 heterocycles. The van der Waals surface area contributed by atoms with Gasteiger partial charge in [0.05, 0.1) is 18.4 Å². The van der Waals surface area contributed by atoms with Crippen molar-refractivity contribution >= 4 is 0 Å². The van der Waals surface area contributed by atoms with Crippen LogP contribution in [0.1, 0.15) is 30.9 Å². The molecular formula is C9H15NO2. The molecule has 1 rings (SSSR count). The predicted octanol–water partition coefficient (Wildman–Crippen LogP) is 2.22. The minimum absolute atomic E-state index is 0.249. The van der Waals surface area contributed by atoms with Gasteiger partial charge in [-0.1, -0.05) is 5.16 Å². The Morgan fingerprint density at radius 1 is 1.42 bits per heavy atom. The lowest BCUT2D eigenvalue weighted by atomic mass is 10.2. The number of aryl methyl sites for hydroxylation is 2. The Bertz CT molecular complexity index is 234. The fourth-order valence-corrected chi connectivity index (χ4v) is 0.958. The summed E-state index contributed by atoms with van der Waals surface area (Å²) in [5.74, 6) is 0.855. The number of hydrogen-bond donors (Lipinski definition) is 0. The average molecular weight is 169 g/mol. The highest BCUT2D eigenvalue weighted by Gasteiger charge is 2.08. The molecule has 3 heteroatoms. The van der Waals surface area contributed by atoms with E-state index in [2.05, 4.69) is 5.16 Å². The van der Waals surface area contributed by atoms with Crippen LogP contribution in [0.15, 0.2) is 4.52 Å². The van der Waals surface area contributed by atoms with Gasteiger partial charge in [0, 0.05) is 5.56 Å². The first-order valence-electron chi connectivity index (χ1n) is 4.14. The fourth-order valence-electron chi connectivity index (χ4n) is 0.958. The molecule has 0 saturated heterocycles. The summed E-state index contributed by atoms with van der Waals surface area (Å²) < 4.78 is 10.4. The summed E-state index contributed by atoms with van der Waals surface area (Å²) in [5.41, 5.74) is 2.00. The van der Waals surface area contributed by atoms with Gasteiger partial charge in [-0.25, -0.2) is 0 Å². The van der Waals surface area contributed by atoms with E-state index in [1.54, 1.807) is 0 Å². The number of nitrogens with zero attached hydrogens (tertiary/aromatic N) is 1. The second-order valence-corrected chi connectivity index (χ2v) is 3.16. The van der Waals surface area contributed by atoms with Crippen molar-refractivity contribution in [3.05, 3.63) is 17.0 Å². The van der Waals surface area contributed by atoms with Crippen molar-refractivity contribution in [2.45, 2.75) is 40.4 Å². The van der Waals surface area contributed by atoms with E-state index in [9.17, 15) is 0 Å². The van der Waals surface area contributed by atoms with Gasteiger partial charge in [-0.05, 0) is 27.7 Å². The van der Waals surface area contributed by atoms with Crippen molar-refractivity contribution in [1.82, 2.24) is 5.16 Å². The molecule has 0 unspecified atom stereocenters. The van der Waals surface area contributed by atoms with Crippen molar-refractivity contribution in [2.24, 2.45) is 0 Å². The lowest BCUT2D eigenvalue weighted by molar-refractivity contribution is 0.0647. The Morgan fingerprint density at radius 3 is 2.50 bits per heavy atom. The molecule has 0 saturated carbocycles. The minimum atomic E-state index is 0.249. The summed E-state index contributed by atoms with van der Waals surface area (Å²) in [6.45, 7) is 8.45. The maximum atomic E-state index is 5.45. The monoisotopic (exact) mass is 169 g/mol. The van der Waals surface area contributed by atoms with Gasteiger partial charge in [0.2, 0.25) is 0 Å². The van der Waals surface area contributed by atoms with Gasteiger partial charge in [-0.2, -0.15) is 0 Å². The third-order valence-corrected chi connectivity index (χ3v) is 1.74. The van der Waals surface area contributed by atoms with Crippen LogP contribution in [0.5, 0.6) is 0 Å². The predicted molar refractivity (Wildman–Crippen MR) is 45.9 cm³/mol. The van der Waals surface area contributed by atoms with Crippen LogP contribution in [0.25, 0.3) is 0 Å². The molecule has 3 nitrogen and oxygen atoms in total. The maximum absolute atomic E-state index is 5.45. The summed E-state index contributed by atoms with van der Waals surface area (Å²) in [7, 11) is 0. The summed E-state index contributed by atoms with van der Waals surface area (Å²) in [4.78, 5) is 0. The standard InChI is InChI=1S/C9H15NO2/c1-6(2)11-5-9-7(3)10-12-8(9)4/h6H,5H2,1-4H3. The number of rotatable bonds is 3. The third kappa shape index (κ3) is 2.08. The highest BCUT2D eigenvalue weighted by molar-refractivity contribution is 5.19. The van der Waals surface area contributed by atoms with Crippen LogP contribution in [-0.2, 0) is 11.3 Å². The lowest BCUT2D eigenvalue weighted by Gasteiger charge is -2.05. The highest BCUT2D eigenvalue weighted by atomic mass is 16.5. The van der Waals surface area contributed by atoms with Crippen molar-refractivity contribution in [2.75, 3.05) is 0 Å². The summed E-state index contributed by atoms with van der Waals surface area (Å²) in [5, 5.41) is 3.84. The second-order valence-electron chi connectivity index (χ2n) is 3.16. The Balaban J connectivity index is 2.62. The van der Waals surface area contributed by atoms with E-state index in [1.165, 1.54) is 0 Å². The normalized spacial score (nSPS) is 11.1. The Labute approximate surface area is 72.7 Å². The van der Waals surface area contributed by atoms with E-state index in [-0.39, 0.29) is 6.10 Å². The molecule has 0 N–H and O–H groups in total. The molecule has 0 aliphatic heterocycles. The molecule has 68 valence electrons. The van der Waals surface area contributed by atoms with E-state index >= 15 is 0 Å². The Kier molecular flexibility index (Phi) is 2.87. The molecule has 0 aliphatic rings. The van der Waals surface area contributed by atoms with Crippen LogP contribution in [0.3, 0.4) is 0 Å².